The molecule has 0 aliphatic heterocycles. The van der Waals surface area contributed by atoms with Crippen molar-refractivity contribution in [3.8, 4) is 0 Å². The number of rotatable bonds is 3. The van der Waals surface area contributed by atoms with Gasteiger partial charge in [-0.2, -0.15) is 0 Å². The normalized spacial score (nSPS) is 11.1. The van der Waals surface area contributed by atoms with Crippen LogP contribution in [0.3, 0.4) is 0 Å². The van der Waals surface area contributed by atoms with Crippen LogP contribution in [0, 0.1) is 0 Å². The average molecular weight is 311 g/mol. The minimum absolute atomic E-state index is 0.0541. The van der Waals surface area contributed by atoms with Gasteiger partial charge in [0.25, 0.3) is 5.91 Å². The third-order valence-corrected chi connectivity index (χ3v) is 3.28. The molecular weight excluding hydrogens is 292 g/mol. The van der Waals surface area contributed by atoms with Crippen molar-refractivity contribution >= 4 is 27.5 Å². The molecule has 18 heavy (non-hydrogen) atoms. The predicted octanol–water partition coefficient (Wildman–Crippen LogP) is 3.46. The Labute approximate surface area is 117 Å². The second kappa shape index (κ2) is 5.57. The highest BCUT2D eigenvalue weighted by Gasteiger charge is 2.27. The summed E-state index contributed by atoms with van der Waals surface area (Å²) in [6.07, 6.45) is 1.73. The number of nitrogens with two attached hydrogens (primary N) is 1. The summed E-state index contributed by atoms with van der Waals surface area (Å²) >= 11 is 3.39. The standard InChI is InChI=1S/C14H19BrN2O/c1-5-8-17(14(2,3)4)13(18)11-9-10(16)6-7-12(11)15/h5-7,9H,1,8,16H2,2-4H3. The van der Waals surface area contributed by atoms with Crippen LogP contribution in [0.15, 0.2) is 35.3 Å². The summed E-state index contributed by atoms with van der Waals surface area (Å²) < 4.78 is 0.750. The first-order valence-corrected chi connectivity index (χ1v) is 6.54. The molecule has 0 saturated heterocycles. The molecule has 1 amide bonds. The zero-order valence-corrected chi connectivity index (χ0v) is 12.6. The van der Waals surface area contributed by atoms with Crippen LogP contribution in [0.1, 0.15) is 31.1 Å². The molecule has 1 aromatic rings. The summed E-state index contributed by atoms with van der Waals surface area (Å²) in [4.78, 5) is 14.3. The Morgan fingerprint density at radius 2 is 2.11 bits per heavy atom. The smallest absolute Gasteiger partial charge is 0.255 e. The topological polar surface area (TPSA) is 46.3 Å². The fourth-order valence-electron chi connectivity index (χ4n) is 1.64. The molecular formula is C14H19BrN2O. The molecule has 2 N–H and O–H groups in total. The van der Waals surface area contributed by atoms with Crippen molar-refractivity contribution in [1.29, 1.82) is 0 Å². The maximum Gasteiger partial charge on any atom is 0.255 e. The molecule has 98 valence electrons. The summed E-state index contributed by atoms with van der Waals surface area (Å²) in [6, 6.07) is 5.24. The summed E-state index contributed by atoms with van der Waals surface area (Å²) in [5.74, 6) is -0.0541. The number of halogens is 1. The van der Waals surface area contributed by atoms with Gasteiger partial charge in [0.15, 0.2) is 0 Å². The Kier molecular flexibility index (Phi) is 4.57. The molecule has 0 saturated carbocycles. The van der Waals surface area contributed by atoms with E-state index < -0.39 is 0 Å². The fraction of sp³-hybridized carbons (Fsp3) is 0.357. The van der Waals surface area contributed by atoms with Gasteiger partial charge in [-0.05, 0) is 54.9 Å². The van der Waals surface area contributed by atoms with Crippen molar-refractivity contribution in [2.24, 2.45) is 0 Å². The van der Waals surface area contributed by atoms with E-state index in [-0.39, 0.29) is 11.4 Å². The zero-order valence-electron chi connectivity index (χ0n) is 11.0. The summed E-state index contributed by atoms with van der Waals surface area (Å²) in [5, 5.41) is 0. The van der Waals surface area contributed by atoms with Crippen LogP contribution >= 0.6 is 15.9 Å². The highest BCUT2D eigenvalue weighted by molar-refractivity contribution is 9.10. The maximum atomic E-state index is 12.5. The van der Waals surface area contributed by atoms with Gasteiger partial charge < -0.3 is 10.6 Å². The van der Waals surface area contributed by atoms with E-state index in [1.54, 1.807) is 29.2 Å². The van der Waals surface area contributed by atoms with Crippen molar-refractivity contribution in [3.05, 3.63) is 40.9 Å². The van der Waals surface area contributed by atoms with Crippen molar-refractivity contribution in [2.45, 2.75) is 26.3 Å². The van der Waals surface area contributed by atoms with E-state index in [4.69, 9.17) is 5.73 Å². The van der Waals surface area contributed by atoms with Gasteiger partial charge in [0.1, 0.15) is 0 Å². The highest BCUT2D eigenvalue weighted by Crippen LogP contribution is 2.24. The Morgan fingerprint density at radius 1 is 1.50 bits per heavy atom. The van der Waals surface area contributed by atoms with Crippen molar-refractivity contribution in [3.63, 3.8) is 0 Å². The third-order valence-electron chi connectivity index (χ3n) is 2.59. The molecule has 0 aliphatic carbocycles. The van der Waals surface area contributed by atoms with Gasteiger partial charge in [0.2, 0.25) is 0 Å². The molecule has 1 aromatic carbocycles. The van der Waals surface area contributed by atoms with Gasteiger partial charge in [-0.25, -0.2) is 0 Å². The van der Waals surface area contributed by atoms with E-state index in [0.29, 0.717) is 17.8 Å². The molecule has 0 aromatic heterocycles. The lowest BCUT2D eigenvalue weighted by atomic mass is 10.0. The summed E-state index contributed by atoms with van der Waals surface area (Å²) in [6.45, 7) is 10.2. The van der Waals surface area contributed by atoms with E-state index in [1.165, 1.54) is 0 Å². The van der Waals surface area contributed by atoms with Crippen LogP contribution in [0.2, 0.25) is 0 Å². The number of nitrogens with zero attached hydrogens (tertiary/aromatic N) is 1. The Bertz CT molecular complexity index is 463. The number of amides is 1. The van der Waals surface area contributed by atoms with Gasteiger partial charge in [-0.3, -0.25) is 4.79 Å². The molecule has 1 rings (SSSR count). The number of benzene rings is 1. The lowest BCUT2D eigenvalue weighted by Gasteiger charge is -2.35. The van der Waals surface area contributed by atoms with Gasteiger partial charge in [0, 0.05) is 22.2 Å². The van der Waals surface area contributed by atoms with Gasteiger partial charge in [0.05, 0.1) is 5.56 Å². The summed E-state index contributed by atoms with van der Waals surface area (Å²) in [7, 11) is 0. The van der Waals surface area contributed by atoms with Crippen LogP contribution in [0.5, 0.6) is 0 Å². The Balaban J connectivity index is 3.17. The van der Waals surface area contributed by atoms with Crippen LogP contribution in [-0.4, -0.2) is 22.9 Å². The number of anilines is 1. The van der Waals surface area contributed by atoms with Crippen molar-refractivity contribution in [1.82, 2.24) is 4.90 Å². The number of nitrogen functional groups attached to an aromatic ring is 1. The molecule has 0 bridgehead atoms. The minimum Gasteiger partial charge on any atom is -0.399 e. The van der Waals surface area contributed by atoms with E-state index in [9.17, 15) is 4.79 Å². The molecule has 0 aliphatic rings. The molecule has 0 heterocycles. The monoisotopic (exact) mass is 310 g/mol. The molecule has 4 heteroatoms. The van der Waals surface area contributed by atoms with Crippen LogP contribution in [0.25, 0.3) is 0 Å². The van der Waals surface area contributed by atoms with E-state index >= 15 is 0 Å². The van der Waals surface area contributed by atoms with Gasteiger partial charge in [-0.1, -0.05) is 6.08 Å². The molecule has 0 fully saturated rings. The number of carbonyl (C=O) groups is 1. The highest BCUT2D eigenvalue weighted by atomic mass is 79.9. The van der Waals surface area contributed by atoms with Gasteiger partial charge in [-0.15, -0.1) is 6.58 Å². The van der Waals surface area contributed by atoms with Crippen molar-refractivity contribution in [2.75, 3.05) is 12.3 Å². The Morgan fingerprint density at radius 3 is 2.61 bits per heavy atom. The van der Waals surface area contributed by atoms with E-state index in [2.05, 4.69) is 22.5 Å². The molecule has 3 nitrogen and oxygen atoms in total. The average Bonchev–Trinajstić information content (AvgIpc) is 2.27. The van der Waals surface area contributed by atoms with Crippen molar-refractivity contribution < 1.29 is 4.79 Å². The van der Waals surface area contributed by atoms with E-state index in [1.807, 2.05) is 20.8 Å². The molecule has 0 atom stereocenters. The lowest BCUT2D eigenvalue weighted by molar-refractivity contribution is 0.0615. The quantitative estimate of drug-likeness (QED) is 0.686. The second-order valence-corrected chi connectivity index (χ2v) is 5.97. The van der Waals surface area contributed by atoms with E-state index in [0.717, 1.165) is 4.47 Å². The summed E-state index contributed by atoms with van der Waals surface area (Å²) in [5.41, 5.74) is 6.62. The first kappa shape index (κ1) is 14.8. The number of hydrogen-bond donors (Lipinski definition) is 1. The third kappa shape index (κ3) is 3.35. The SMILES string of the molecule is C=CCN(C(=O)c1cc(N)ccc1Br)C(C)(C)C. The number of hydrogen-bond acceptors (Lipinski definition) is 2. The van der Waals surface area contributed by atoms with Gasteiger partial charge >= 0.3 is 0 Å². The molecule has 0 spiro atoms. The first-order chi connectivity index (χ1) is 8.27. The molecule has 0 radical (unpaired) electrons. The van der Waals surface area contributed by atoms with Crippen LogP contribution in [-0.2, 0) is 0 Å². The predicted molar refractivity (Wildman–Crippen MR) is 79.5 cm³/mol. The van der Waals surface area contributed by atoms with Crippen LogP contribution in [0.4, 0.5) is 5.69 Å². The number of carbonyl (C=O) groups excluding carboxylic acids is 1. The Hall–Kier alpha value is -1.29. The minimum atomic E-state index is -0.269. The largest absolute Gasteiger partial charge is 0.399 e. The maximum absolute atomic E-state index is 12.5. The van der Waals surface area contributed by atoms with Crippen LogP contribution < -0.4 is 5.73 Å². The first-order valence-electron chi connectivity index (χ1n) is 5.75. The zero-order chi connectivity index (χ0) is 13.9. The second-order valence-electron chi connectivity index (χ2n) is 5.11. The lowest BCUT2D eigenvalue weighted by Crippen LogP contribution is -2.45. The molecule has 0 unspecified atom stereocenters. The fourth-order valence-corrected chi connectivity index (χ4v) is 2.06.